The number of aliphatic imine (C=N–C) groups is 1. The van der Waals surface area contributed by atoms with Crippen LogP contribution in [0.25, 0.3) is 0 Å². The number of para-hydroxylation sites is 1. The van der Waals surface area contributed by atoms with Crippen LogP contribution in [0, 0.1) is 6.92 Å². The number of hydrogen-bond acceptors (Lipinski definition) is 4. The summed E-state index contributed by atoms with van der Waals surface area (Å²) in [6.07, 6.45) is 5.35. The van der Waals surface area contributed by atoms with Crippen molar-refractivity contribution in [1.29, 1.82) is 0 Å². The van der Waals surface area contributed by atoms with E-state index in [9.17, 15) is 4.79 Å². The van der Waals surface area contributed by atoms with Gasteiger partial charge < -0.3 is 5.32 Å². The molecule has 2 aromatic carbocycles. The van der Waals surface area contributed by atoms with Gasteiger partial charge in [0, 0.05) is 18.8 Å². The summed E-state index contributed by atoms with van der Waals surface area (Å²) in [6, 6.07) is 13.9. The van der Waals surface area contributed by atoms with Gasteiger partial charge in [-0.25, -0.2) is 4.98 Å². The van der Waals surface area contributed by atoms with Gasteiger partial charge >= 0.3 is 0 Å². The zero-order valence-corrected chi connectivity index (χ0v) is 13.7. The van der Waals surface area contributed by atoms with Crippen molar-refractivity contribution in [1.82, 2.24) is 9.97 Å². The van der Waals surface area contributed by atoms with E-state index in [2.05, 4.69) is 40.4 Å². The highest BCUT2D eigenvalue weighted by Crippen LogP contribution is 2.33. The average molecular weight is 328 g/mol. The summed E-state index contributed by atoms with van der Waals surface area (Å²) in [5.74, 6) is 0.192. The molecule has 0 saturated carbocycles. The van der Waals surface area contributed by atoms with Gasteiger partial charge in [-0.15, -0.1) is 0 Å². The highest BCUT2D eigenvalue weighted by molar-refractivity contribution is 6.13. The largest absolute Gasteiger partial charge is 0.305 e. The number of anilines is 1. The molecular weight excluding hydrogens is 312 g/mol. The van der Waals surface area contributed by atoms with Crippen LogP contribution in [0.4, 0.5) is 11.5 Å². The lowest BCUT2D eigenvalue weighted by Gasteiger charge is -2.06. The fourth-order valence-electron chi connectivity index (χ4n) is 2.94. The van der Waals surface area contributed by atoms with Gasteiger partial charge in [0.05, 0.1) is 23.2 Å². The molecule has 2 heterocycles. The van der Waals surface area contributed by atoms with E-state index in [0.717, 1.165) is 28.9 Å². The van der Waals surface area contributed by atoms with Gasteiger partial charge in [0.2, 0.25) is 0 Å². The molecule has 1 aliphatic heterocycles. The third kappa shape index (κ3) is 3.04. The Morgan fingerprint density at radius 3 is 2.80 bits per heavy atom. The molecule has 5 nitrogen and oxygen atoms in total. The number of carbonyl (C=O) groups excluding carboxylic acids is 1. The Morgan fingerprint density at radius 2 is 2.00 bits per heavy atom. The summed E-state index contributed by atoms with van der Waals surface area (Å²) in [6.45, 7) is 2.06. The quantitative estimate of drug-likeness (QED) is 0.797. The number of aromatic nitrogens is 2. The number of carbonyl (C=O) groups is 1. The minimum atomic E-state index is -0.230. The second kappa shape index (κ2) is 6.28. The monoisotopic (exact) mass is 328 g/mol. The summed E-state index contributed by atoms with van der Waals surface area (Å²) in [5.41, 5.74) is 5.61. The molecule has 1 aromatic heterocycles. The van der Waals surface area contributed by atoms with E-state index in [4.69, 9.17) is 4.99 Å². The molecule has 3 aromatic rings. The van der Waals surface area contributed by atoms with Crippen LogP contribution in [0.5, 0.6) is 0 Å². The van der Waals surface area contributed by atoms with Crippen LogP contribution in [0.15, 0.2) is 66.0 Å². The number of fused-ring (bicyclic) bond motifs is 1. The van der Waals surface area contributed by atoms with Crippen LogP contribution in [0.3, 0.4) is 0 Å². The molecule has 25 heavy (non-hydrogen) atoms. The van der Waals surface area contributed by atoms with Crippen molar-refractivity contribution < 1.29 is 4.79 Å². The highest BCUT2D eigenvalue weighted by atomic mass is 16.1. The Morgan fingerprint density at radius 1 is 1.12 bits per heavy atom. The molecule has 0 aliphatic carbocycles. The summed E-state index contributed by atoms with van der Waals surface area (Å²) >= 11 is 0. The average Bonchev–Trinajstić information content (AvgIpc) is 3.07. The first-order valence-electron chi connectivity index (χ1n) is 8.04. The standard InChI is InChI=1S/C20H16N4O/c1-13-4-2-5-14(10-13)17-11-15-6-3-7-16(19(15)23-17)20(25)24-18-12-21-8-9-22-18/h2-10,12H,11H2,1H3,(H,22,24,25). The molecule has 1 N–H and O–H groups in total. The van der Waals surface area contributed by atoms with Gasteiger partial charge in [-0.2, -0.15) is 0 Å². The summed E-state index contributed by atoms with van der Waals surface area (Å²) in [4.78, 5) is 25.4. The first-order valence-corrected chi connectivity index (χ1v) is 8.04. The third-order valence-electron chi connectivity index (χ3n) is 4.12. The van der Waals surface area contributed by atoms with Crippen molar-refractivity contribution in [3.8, 4) is 0 Å². The summed E-state index contributed by atoms with van der Waals surface area (Å²) in [7, 11) is 0. The van der Waals surface area contributed by atoms with E-state index in [1.54, 1.807) is 18.5 Å². The van der Waals surface area contributed by atoms with Gasteiger partial charge in [0.15, 0.2) is 5.82 Å². The maximum Gasteiger partial charge on any atom is 0.259 e. The normalized spacial score (nSPS) is 12.4. The second-order valence-corrected chi connectivity index (χ2v) is 5.96. The molecule has 0 atom stereocenters. The van der Waals surface area contributed by atoms with Gasteiger partial charge in [-0.05, 0) is 24.1 Å². The molecule has 4 rings (SSSR count). The third-order valence-corrected chi connectivity index (χ3v) is 4.12. The number of rotatable bonds is 3. The SMILES string of the molecule is Cc1cccc(C2=Nc3c(cccc3C(=O)Nc3cnccn3)C2)c1. The number of amides is 1. The Labute approximate surface area is 145 Å². The molecule has 0 fully saturated rings. The van der Waals surface area contributed by atoms with Crippen molar-refractivity contribution in [2.75, 3.05) is 5.32 Å². The number of hydrogen-bond donors (Lipinski definition) is 1. The fourth-order valence-corrected chi connectivity index (χ4v) is 2.94. The number of nitrogens with zero attached hydrogens (tertiary/aromatic N) is 3. The van der Waals surface area contributed by atoms with Crippen molar-refractivity contribution in [2.24, 2.45) is 4.99 Å². The summed E-state index contributed by atoms with van der Waals surface area (Å²) in [5, 5.41) is 2.77. The molecule has 0 spiro atoms. The van der Waals surface area contributed by atoms with Crippen LogP contribution in [0.1, 0.15) is 27.0 Å². The van der Waals surface area contributed by atoms with Gasteiger partial charge in [-0.3, -0.25) is 14.8 Å². The first kappa shape index (κ1) is 15.2. The van der Waals surface area contributed by atoms with Gasteiger partial charge in [-0.1, -0.05) is 42.0 Å². The van der Waals surface area contributed by atoms with Crippen molar-refractivity contribution >= 4 is 23.1 Å². The second-order valence-electron chi connectivity index (χ2n) is 5.96. The maximum absolute atomic E-state index is 12.6. The fraction of sp³-hybridized carbons (Fsp3) is 0.100. The van der Waals surface area contributed by atoms with Gasteiger partial charge in [0.1, 0.15) is 0 Å². The molecule has 0 saturated heterocycles. The van der Waals surface area contributed by atoms with E-state index in [0.29, 0.717) is 11.4 Å². The van der Waals surface area contributed by atoms with E-state index >= 15 is 0 Å². The minimum Gasteiger partial charge on any atom is -0.305 e. The van der Waals surface area contributed by atoms with E-state index in [1.165, 1.54) is 11.8 Å². The lowest BCUT2D eigenvalue weighted by atomic mass is 10.0. The van der Waals surface area contributed by atoms with Crippen molar-refractivity contribution in [3.63, 3.8) is 0 Å². The Kier molecular flexibility index (Phi) is 3.82. The van der Waals surface area contributed by atoms with E-state index in [-0.39, 0.29) is 5.91 Å². The number of benzene rings is 2. The molecular formula is C20H16N4O. The summed E-state index contributed by atoms with van der Waals surface area (Å²) < 4.78 is 0. The zero-order chi connectivity index (χ0) is 17.2. The van der Waals surface area contributed by atoms with Crippen molar-refractivity contribution in [3.05, 3.63) is 83.3 Å². The Balaban J connectivity index is 1.67. The molecule has 0 radical (unpaired) electrons. The zero-order valence-electron chi connectivity index (χ0n) is 13.7. The van der Waals surface area contributed by atoms with E-state index < -0.39 is 0 Å². The van der Waals surface area contributed by atoms with Crippen LogP contribution >= 0.6 is 0 Å². The number of nitrogens with one attached hydrogen (secondary N) is 1. The molecule has 122 valence electrons. The van der Waals surface area contributed by atoms with Crippen LogP contribution in [0.2, 0.25) is 0 Å². The van der Waals surface area contributed by atoms with Crippen LogP contribution in [-0.4, -0.2) is 21.6 Å². The van der Waals surface area contributed by atoms with Crippen LogP contribution < -0.4 is 5.32 Å². The van der Waals surface area contributed by atoms with E-state index in [1.807, 2.05) is 18.2 Å². The Hall–Kier alpha value is -3.34. The Bertz CT molecular complexity index is 980. The van der Waals surface area contributed by atoms with Crippen LogP contribution in [-0.2, 0) is 6.42 Å². The van der Waals surface area contributed by atoms with Gasteiger partial charge in [0.25, 0.3) is 5.91 Å². The minimum absolute atomic E-state index is 0.230. The molecule has 0 bridgehead atoms. The highest BCUT2D eigenvalue weighted by Gasteiger charge is 2.22. The molecule has 5 heteroatoms. The molecule has 1 amide bonds. The lowest BCUT2D eigenvalue weighted by Crippen LogP contribution is -2.13. The topological polar surface area (TPSA) is 67.2 Å². The predicted octanol–water partition coefficient (Wildman–Crippen LogP) is 3.71. The van der Waals surface area contributed by atoms with Crippen molar-refractivity contribution in [2.45, 2.75) is 13.3 Å². The lowest BCUT2D eigenvalue weighted by molar-refractivity contribution is 0.102. The smallest absolute Gasteiger partial charge is 0.259 e. The molecule has 0 unspecified atom stereocenters. The predicted molar refractivity (Wildman–Crippen MR) is 97.5 cm³/mol. The first-order chi connectivity index (χ1) is 12.2. The maximum atomic E-state index is 12.6. The number of aryl methyl sites for hydroxylation is 1. The molecule has 1 aliphatic rings.